The number of hydrogen-bond acceptors (Lipinski definition) is 7. The van der Waals surface area contributed by atoms with E-state index in [4.69, 9.17) is 14.7 Å². The average molecular weight is 487 g/mol. The van der Waals surface area contributed by atoms with E-state index in [0.29, 0.717) is 11.3 Å². The number of carbonyl (C=O) groups excluding carboxylic acids is 3. The first-order valence-electron chi connectivity index (χ1n) is 11.3. The van der Waals surface area contributed by atoms with Gasteiger partial charge in [-0.15, -0.1) is 0 Å². The van der Waals surface area contributed by atoms with E-state index in [0.717, 1.165) is 11.1 Å². The maximum atomic E-state index is 12.7. The Hall–Kier alpha value is -4.84. The van der Waals surface area contributed by atoms with Crippen LogP contribution in [0.25, 0.3) is 0 Å². The number of carbonyl (C=O) groups is 3. The van der Waals surface area contributed by atoms with Crippen LogP contribution in [0.1, 0.15) is 29.5 Å². The molecule has 9 heteroatoms. The van der Waals surface area contributed by atoms with Crippen LogP contribution in [-0.4, -0.2) is 24.0 Å². The van der Waals surface area contributed by atoms with Crippen LogP contribution in [0.15, 0.2) is 84.9 Å². The van der Waals surface area contributed by atoms with Gasteiger partial charge in [0.1, 0.15) is 19.3 Å². The Labute approximate surface area is 209 Å². The Bertz CT molecular complexity index is 1180. The lowest BCUT2D eigenvalue weighted by atomic mass is 10.1. The molecule has 0 aliphatic carbocycles. The van der Waals surface area contributed by atoms with Crippen molar-refractivity contribution < 1.29 is 23.9 Å². The van der Waals surface area contributed by atoms with Crippen molar-refractivity contribution in [3.8, 4) is 6.07 Å². The number of esters is 1. The molecule has 0 aromatic heterocycles. The van der Waals surface area contributed by atoms with Crippen molar-refractivity contribution >= 4 is 23.7 Å². The maximum absolute atomic E-state index is 12.7. The minimum Gasteiger partial charge on any atom is -0.459 e. The molecule has 3 rings (SSSR count). The minimum absolute atomic E-state index is 0.00502. The zero-order valence-corrected chi connectivity index (χ0v) is 19.5. The lowest BCUT2D eigenvalue weighted by Gasteiger charge is -2.18. The number of benzene rings is 3. The molecule has 184 valence electrons. The second kappa shape index (κ2) is 13.8. The highest BCUT2D eigenvalue weighted by atomic mass is 16.6. The van der Waals surface area contributed by atoms with Crippen LogP contribution >= 0.6 is 0 Å². The predicted molar refractivity (Wildman–Crippen MR) is 132 cm³/mol. The molecule has 0 heterocycles. The molecule has 0 radical (unpaired) electrons. The molecule has 3 aromatic rings. The number of nitriles is 1. The molecule has 2 amide bonds. The summed E-state index contributed by atoms with van der Waals surface area (Å²) in [6, 6.07) is 25.7. The van der Waals surface area contributed by atoms with E-state index in [2.05, 4.69) is 16.2 Å². The lowest BCUT2D eigenvalue weighted by molar-refractivity contribution is -0.147. The van der Waals surface area contributed by atoms with Gasteiger partial charge < -0.3 is 14.8 Å². The normalized spacial score (nSPS) is 10.9. The fraction of sp³-hybridized carbons (Fsp3) is 0.185. The molecule has 3 N–H and O–H groups in total. The zero-order chi connectivity index (χ0) is 25.6. The van der Waals surface area contributed by atoms with Gasteiger partial charge in [0.2, 0.25) is 5.91 Å². The summed E-state index contributed by atoms with van der Waals surface area (Å²) < 4.78 is 10.6. The average Bonchev–Trinajstić information content (AvgIpc) is 2.93. The highest BCUT2D eigenvalue weighted by Crippen LogP contribution is 2.09. The molecule has 0 saturated heterocycles. The van der Waals surface area contributed by atoms with Crippen molar-refractivity contribution in [2.45, 2.75) is 32.1 Å². The Morgan fingerprint density at radius 1 is 0.806 bits per heavy atom. The number of nitrogens with one attached hydrogen (secondary N) is 3. The Morgan fingerprint density at radius 2 is 1.39 bits per heavy atom. The number of rotatable bonds is 11. The van der Waals surface area contributed by atoms with Gasteiger partial charge in [-0.25, -0.2) is 9.59 Å². The Kier molecular flexibility index (Phi) is 9.86. The molecule has 0 bridgehead atoms. The maximum Gasteiger partial charge on any atom is 0.408 e. The summed E-state index contributed by atoms with van der Waals surface area (Å²) in [6.45, 7) is 0.0663. The third-order valence-corrected chi connectivity index (χ3v) is 5.03. The molecule has 36 heavy (non-hydrogen) atoms. The van der Waals surface area contributed by atoms with Crippen molar-refractivity contribution in [3.63, 3.8) is 0 Å². The number of amides is 2. The molecule has 0 aliphatic rings. The van der Waals surface area contributed by atoms with Crippen molar-refractivity contribution in [1.29, 1.82) is 5.26 Å². The second-order valence-corrected chi connectivity index (χ2v) is 7.75. The highest BCUT2D eigenvalue weighted by molar-refractivity contribution is 5.83. The topological polar surface area (TPSA) is 130 Å². The van der Waals surface area contributed by atoms with Crippen molar-refractivity contribution in [1.82, 2.24) is 10.7 Å². The fourth-order valence-corrected chi connectivity index (χ4v) is 3.09. The van der Waals surface area contributed by atoms with Crippen LogP contribution < -0.4 is 16.2 Å². The summed E-state index contributed by atoms with van der Waals surface area (Å²) in [5.74, 6) is -1.08. The van der Waals surface area contributed by atoms with Crippen LogP contribution in [0.5, 0.6) is 0 Å². The lowest BCUT2D eigenvalue weighted by Crippen LogP contribution is -2.43. The van der Waals surface area contributed by atoms with Gasteiger partial charge in [0, 0.05) is 6.42 Å². The molecule has 9 nitrogen and oxygen atoms in total. The summed E-state index contributed by atoms with van der Waals surface area (Å²) in [6.07, 6.45) is -0.876. The second-order valence-electron chi connectivity index (χ2n) is 7.75. The molecule has 3 aromatic carbocycles. The van der Waals surface area contributed by atoms with Gasteiger partial charge in [0.25, 0.3) is 0 Å². The molecule has 0 aliphatic heterocycles. The number of anilines is 1. The summed E-state index contributed by atoms with van der Waals surface area (Å²) in [5, 5.41) is 11.4. The number of ether oxygens (including phenoxy) is 2. The quantitative estimate of drug-likeness (QED) is 0.277. The molecular weight excluding hydrogens is 460 g/mol. The highest BCUT2D eigenvalue weighted by Gasteiger charge is 2.24. The summed E-state index contributed by atoms with van der Waals surface area (Å²) in [4.78, 5) is 37.4. The van der Waals surface area contributed by atoms with Crippen molar-refractivity contribution in [2.24, 2.45) is 0 Å². The smallest absolute Gasteiger partial charge is 0.408 e. The van der Waals surface area contributed by atoms with Crippen LogP contribution in [0, 0.1) is 11.3 Å². The van der Waals surface area contributed by atoms with Gasteiger partial charge in [0.05, 0.1) is 17.3 Å². The molecule has 0 saturated carbocycles. The largest absolute Gasteiger partial charge is 0.459 e. The van der Waals surface area contributed by atoms with Crippen molar-refractivity contribution in [3.05, 3.63) is 102 Å². The van der Waals surface area contributed by atoms with Gasteiger partial charge in [-0.1, -0.05) is 60.7 Å². The standard InChI is InChI=1S/C27H26N4O5/c28-17-20-11-13-23(14-12-20)30-31-25(32)16-15-24(26(33)35-18-21-7-3-1-4-8-21)29-27(34)36-19-22-9-5-2-6-10-22/h1-14,24,30H,15-16,18-19H2,(H,29,34)(H,31,32)/t24-/m0/s1. The van der Waals surface area contributed by atoms with Crippen LogP contribution in [0.2, 0.25) is 0 Å². The SMILES string of the molecule is N#Cc1ccc(NNC(=O)CC[C@H](NC(=O)OCc2ccccc2)C(=O)OCc2ccccc2)cc1. The first kappa shape index (κ1) is 25.8. The molecule has 0 fully saturated rings. The van der Waals surface area contributed by atoms with E-state index in [1.165, 1.54) is 0 Å². The summed E-state index contributed by atoms with van der Waals surface area (Å²) in [5.41, 5.74) is 7.93. The minimum atomic E-state index is -1.09. The fourth-order valence-electron chi connectivity index (χ4n) is 3.09. The zero-order valence-electron chi connectivity index (χ0n) is 19.5. The summed E-state index contributed by atoms with van der Waals surface area (Å²) >= 11 is 0. The van der Waals surface area contributed by atoms with E-state index < -0.39 is 24.0 Å². The molecule has 1 atom stereocenters. The van der Waals surface area contributed by atoms with Crippen LogP contribution in [0.3, 0.4) is 0 Å². The molecule has 0 unspecified atom stereocenters. The van der Waals surface area contributed by atoms with Crippen LogP contribution in [0.4, 0.5) is 10.5 Å². The number of hydrazine groups is 1. The number of nitrogens with zero attached hydrogens (tertiary/aromatic N) is 1. The van der Waals surface area contributed by atoms with Crippen LogP contribution in [-0.2, 0) is 32.3 Å². The molecular formula is C27H26N4O5. The third kappa shape index (κ3) is 8.83. The van der Waals surface area contributed by atoms with Crippen molar-refractivity contribution in [2.75, 3.05) is 5.43 Å². The van der Waals surface area contributed by atoms with E-state index >= 15 is 0 Å². The third-order valence-electron chi connectivity index (χ3n) is 5.03. The van der Waals surface area contributed by atoms with E-state index in [9.17, 15) is 14.4 Å². The predicted octanol–water partition coefficient (Wildman–Crippen LogP) is 3.82. The van der Waals surface area contributed by atoms with Gasteiger partial charge in [-0.3, -0.25) is 15.6 Å². The monoisotopic (exact) mass is 486 g/mol. The van der Waals surface area contributed by atoms with E-state index in [1.54, 1.807) is 24.3 Å². The Balaban J connectivity index is 1.53. The molecule has 0 spiro atoms. The number of hydrogen-bond donors (Lipinski definition) is 3. The Morgan fingerprint density at radius 3 is 1.97 bits per heavy atom. The van der Waals surface area contributed by atoms with Gasteiger partial charge in [0.15, 0.2) is 0 Å². The first-order chi connectivity index (χ1) is 17.5. The number of alkyl carbamates (subject to hydrolysis) is 1. The summed E-state index contributed by atoms with van der Waals surface area (Å²) in [7, 11) is 0. The van der Waals surface area contributed by atoms with Gasteiger partial charge in [-0.05, 0) is 41.8 Å². The van der Waals surface area contributed by atoms with Gasteiger partial charge >= 0.3 is 12.1 Å². The van der Waals surface area contributed by atoms with Gasteiger partial charge in [-0.2, -0.15) is 5.26 Å². The van der Waals surface area contributed by atoms with E-state index in [-0.39, 0.29) is 26.1 Å². The first-order valence-corrected chi connectivity index (χ1v) is 11.3. The van der Waals surface area contributed by atoms with E-state index in [1.807, 2.05) is 66.7 Å².